The van der Waals surface area contributed by atoms with E-state index in [0.717, 1.165) is 0 Å². The third-order valence-corrected chi connectivity index (χ3v) is 1.67. The van der Waals surface area contributed by atoms with Crippen LogP contribution in [0, 0.1) is 0 Å². The van der Waals surface area contributed by atoms with Gasteiger partial charge in [0.05, 0.1) is 0 Å². The van der Waals surface area contributed by atoms with Crippen molar-refractivity contribution in [1.82, 2.24) is 4.98 Å². The Balaban J connectivity index is -0.000000270. The average Bonchev–Trinajstić information content (AvgIpc) is 2.15. The van der Waals surface area contributed by atoms with E-state index in [1.807, 2.05) is 0 Å². The number of aromatic nitrogens is 1. The first-order valence-electron chi connectivity index (χ1n) is 2.02. The molecule has 1 atom stereocenters. The van der Waals surface area contributed by atoms with Crippen molar-refractivity contribution < 1.29 is 16.8 Å². The van der Waals surface area contributed by atoms with Crippen molar-refractivity contribution in [3.8, 4) is 5.19 Å². The zero-order chi connectivity index (χ0) is 6.69. The van der Waals surface area contributed by atoms with Crippen molar-refractivity contribution in [3.05, 3.63) is 11.6 Å². The zero-order valence-electron chi connectivity index (χ0n) is 6.93. The quantitative estimate of drug-likeness (QED) is 0.559. The van der Waals surface area contributed by atoms with Gasteiger partial charge >= 0.3 is 36.5 Å². The second-order valence-corrected chi connectivity index (χ2v) is 2.64. The Morgan fingerprint density at radius 3 is 3.00 bits per heavy atom. The van der Waals surface area contributed by atoms with Crippen LogP contribution in [0.4, 0.5) is 0 Å². The predicted octanol–water partition coefficient (Wildman–Crippen LogP) is 1.02. The van der Waals surface area contributed by atoms with E-state index in [-0.39, 0.29) is 31.1 Å². The second kappa shape index (κ2) is 4.98. The molecule has 0 saturated carbocycles. The summed E-state index contributed by atoms with van der Waals surface area (Å²) < 4.78 is 14.3. The van der Waals surface area contributed by atoms with Crippen molar-refractivity contribution in [3.63, 3.8) is 0 Å². The summed E-state index contributed by atoms with van der Waals surface area (Å²) in [6.45, 7) is 0. The maximum absolute atomic E-state index is 9.96. The summed E-state index contributed by atoms with van der Waals surface area (Å²) in [6, 6.07) is 0. The Morgan fingerprint density at radius 1 is 1.90 bits per heavy atom. The zero-order valence-corrected chi connectivity index (χ0v) is 8.05. The van der Waals surface area contributed by atoms with Crippen molar-refractivity contribution in [1.29, 1.82) is 0 Å². The normalized spacial score (nSPS) is 9.90. The van der Waals surface area contributed by atoms with Crippen LogP contribution in [0.2, 0.25) is 0 Å². The van der Waals surface area contributed by atoms with Gasteiger partial charge in [0.2, 0.25) is 0 Å². The molecule has 0 fully saturated rings. The van der Waals surface area contributed by atoms with Gasteiger partial charge < -0.3 is 2.85 Å². The van der Waals surface area contributed by atoms with Gasteiger partial charge in [0.15, 0.2) is 0 Å². The number of thiazole rings is 1. The van der Waals surface area contributed by atoms with Crippen molar-refractivity contribution in [2.45, 2.75) is 0 Å². The minimum Gasteiger partial charge on any atom is -1.00 e. The van der Waals surface area contributed by atoms with E-state index in [0.29, 0.717) is 0 Å². The van der Waals surface area contributed by atoms with Crippen LogP contribution in [-0.2, 0) is 4.57 Å². The van der Waals surface area contributed by atoms with Crippen molar-refractivity contribution in [2.75, 3.05) is 0 Å². The molecule has 4 nitrogen and oxygen atoms in total. The number of rotatable bonds is 2. The maximum atomic E-state index is 9.96. The van der Waals surface area contributed by atoms with E-state index in [1.165, 1.54) is 17.5 Å². The first kappa shape index (κ1) is 10.3. The van der Waals surface area contributed by atoms with Gasteiger partial charge in [-0.15, -0.1) is 4.89 Å². The van der Waals surface area contributed by atoms with Crippen molar-refractivity contribution >= 4 is 42.6 Å². The molecule has 0 spiro atoms. The Morgan fingerprint density at radius 2 is 2.60 bits per heavy atom. The molecule has 1 aromatic rings. The molecule has 0 radical (unpaired) electrons. The molecule has 1 aromatic heterocycles. The molecule has 52 valence electrons. The minimum atomic E-state index is -2.55. The van der Waals surface area contributed by atoms with Crippen LogP contribution in [0.25, 0.3) is 0 Å². The average molecular weight is 190 g/mol. The molecule has 0 bridgehead atoms. The summed E-state index contributed by atoms with van der Waals surface area (Å²) in [4.78, 5) is 11.8. The van der Waals surface area contributed by atoms with Crippen LogP contribution in [0.1, 0.15) is 2.85 Å². The van der Waals surface area contributed by atoms with E-state index >= 15 is 0 Å². The fourth-order valence-corrected chi connectivity index (χ4v) is 1.23. The number of hydrogen-bond donors (Lipinski definition) is 1. The molecule has 7 heteroatoms. The second-order valence-electron chi connectivity index (χ2n) is 1.13. The van der Waals surface area contributed by atoms with Gasteiger partial charge in [-0.2, -0.15) is 4.52 Å². The Bertz CT molecular complexity index is 211. The van der Waals surface area contributed by atoms with Crippen LogP contribution in [0.15, 0.2) is 11.6 Å². The summed E-state index contributed by atoms with van der Waals surface area (Å²) in [5.74, 6) is 0. The Kier molecular flexibility index (Phi) is 5.11. The van der Waals surface area contributed by atoms with E-state index in [2.05, 4.69) is 9.51 Å². The largest absolute Gasteiger partial charge is 2.00 e. The third-order valence-electron chi connectivity index (χ3n) is 0.566. The van der Waals surface area contributed by atoms with Crippen LogP contribution >= 0.6 is 19.6 Å². The van der Waals surface area contributed by atoms with E-state index in [4.69, 9.17) is 4.89 Å². The molecule has 1 N–H and O–H groups in total. The van der Waals surface area contributed by atoms with E-state index in [9.17, 15) is 4.57 Å². The standard InChI is InChI=1S/C3H2NO3PS.Mg.2H/c5-8(6)7-3-4-1-2-9-3;;;/h1-2H;;;/q;+2;2*-1/p+1. The molecule has 0 aliphatic heterocycles. The van der Waals surface area contributed by atoms with Gasteiger partial charge in [0.1, 0.15) is 0 Å². The fraction of sp³-hybridized carbons (Fsp3) is 0. The smallest absolute Gasteiger partial charge is 1.00 e. The molecular formula is C3H5MgNO3PS+. The van der Waals surface area contributed by atoms with E-state index in [1.54, 1.807) is 5.38 Å². The molecule has 1 unspecified atom stereocenters. The minimum absolute atomic E-state index is 0. The van der Waals surface area contributed by atoms with Crippen LogP contribution in [0.5, 0.6) is 5.19 Å². The maximum Gasteiger partial charge on any atom is 2.00 e. The summed E-state index contributed by atoms with van der Waals surface area (Å²) in [6.07, 6.45) is 1.50. The molecule has 0 aromatic carbocycles. The molecule has 1 rings (SSSR count). The first-order chi connectivity index (χ1) is 4.29. The Hall–Kier alpha value is 0.256. The van der Waals surface area contributed by atoms with Crippen LogP contribution < -0.4 is 4.52 Å². The summed E-state index contributed by atoms with van der Waals surface area (Å²) in [5, 5.41) is 1.88. The molecule has 10 heavy (non-hydrogen) atoms. The van der Waals surface area contributed by atoms with Gasteiger partial charge in [0, 0.05) is 16.1 Å². The summed E-state index contributed by atoms with van der Waals surface area (Å²) >= 11 is 1.17. The fourth-order valence-electron chi connectivity index (χ4n) is 0.322. The van der Waals surface area contributed by atoms with E-state index < -0.39 is 8.25 Å². The third kappa shape index (κ3) is 3.43. The molecular weight excluding hydrogens is 185 g/mol. The van der Waals surface area contributed by atoms with Crippen molar-refractivity contribution in [2.24, 2.45) is 0 Å². The van der Waals surface area contributed by atoms with Crippen LogP contribution in [-0.4, -0.2) is 32.9 Å². The molecule has 0 aliphatic carbocycles. The summed E-state index contributed by atoms with van der Waals surface area (Å²) in [5.41, 5.74) is 0. The molecule has 0 saturated heterocycles. The Labute approximate surface area is 81.3 Å². The van der Waals surface area contributed by atoms with Gasteiger partial charge in [-0.1, -0.05) is 11.3 Å². The predicted molar refractivity (Wildman–Crippen MR) is 40.5 cm³/mol. The topological polar surface area (TPSA) is 59.4 Å². The van der Waals surface area contributed by atoms with Gasteiger partial charge in [-0.25, -0.2) is 4.98 Å². The number of hydrogen-bond acceptors (Lipinski definition) is 4. The van der Waals surface area contributed by atoms with Crippen LogP contribution in [0.3, 0.4) is 0 Å². The van der Waals surface area contributed by atoms with Gasteiger partial charge in [0.25, 0.3) is 0 Å². The van der Waals surface area contributed by atoms with Gasteiger partial charge in [-0.05, 0) is 0 Å². The SMILES string of the molecule is O=[P+](O)Oc1nccs1.[H-].[H-].[Mg+2]. The first-order valence-corrected chi connectivity index (χ1v) is 4.03. The molecule has 1 heterocycles. The summed E-state index contributed by atoms with van der Waals surface area (Å²) in [7, 11) is -2.55. The molecule has 0 aliphatic rings. The number of nitrogens with zero attached hydrogens (tertiary/aromatic N) is 1. The van der Waals surface area contributed by atoms with Gasteiger partial charge in [-0.3, -0.25) is 0 Å². The monoisotopic (exact) mass is 190 g/mol. The molecule has 0 amide bonds.